The molecule has 0 aliphatic rings. The van der Waals surface area contributed by atoms with E-state index in [4.69, 9.17) is 14.2 Å². The fraction of sp³-hybridized carbons (Fsp3) is 0.830. The summed E-state index contributed by atoms with van der Waals surface area (Å²) < 4.78 is 17.4. The highest BCUT2D eigenvalue weighted by molar-refractivity contribution is 5.72. The second-order valence-electron chi connectivity index (χ2n) is 18.4. The third-order valence-corrected chi connectivity index (χ3v) is 11.5. The van der Waals surface area contributed by atoms with E-state index in [1.807, 2.05) is 21.1 Å². The van der Waals surface area contributed by atoms with E-state index in [0.29, 0.717) is 19.3 Å². The van der Waals surface area contributed by atoms with Gasteiger partial charge in [0, 0.05) is 19.3 Å². The van der Waals surface area contributed by atoms with Crippen LogP contribution in [0.1, 0.15) is 232 Å². The van der Waals surface area contributed by atoms with Crippen molar-refractivity contribution < 1.29 is 38.2 Å². The molecule has 0 bridgehead atoms. The highest BCUT2D eigenvalue weighted by atomic mass is 16.6. The van der Waals surface area contributed by atoms with Crippen molar-refractivity contribution in [2.24, 2.45) is 0 Å². The van der Waals surface area contributed by atoms with Gasteiger partial charge in [-0.25, -0.2) is 4.79 Å². The molecule has 0 saturated carbocycles. The Bertz CT molecular complexity index is 1090. The molecule has 0 aliphatic heterocycles. The van der Waals surface area contributed by atoms with Crippen LogP contribution in [0.2, 0.25) is 0 Å². The number of rotatable bonds is 46. The van der Waals surface area contributed by atoms with Gasteiger partial charge in [0.2, 0.25) is 0 Å². The fourth-order valence-corrected chi connectivity index (χ4v) is 7.57. The molecule has 8 nitrogen and oxygen atoms in total. The van der Waals surface area contributed by atoms with Gasteiger partial charge in [-0.05, 0) is 51.4 Å². The summed E-state index contributed by atoms with van der Waals surface area (Å²) in [6, 6.07) is -0.614. The molecular formula is C53H98NO7+. The summed E-state index contributed by atoms with van der Waals surface area (Å²) in [4.78, 5) is 37.1. The third kappa shape index (κ3) is 42.6. The predicted molar refractivity (Wildman–Crippen MR) is 257 cm³/mol. The Labute approximate surface area is 376 Å². The number of hydrogen-bond acceptors (Lipinski definition) is 6. The molecule has 0 fully saturated rings. The Hall–Kier alpha value is -2.45. The first-order valence-corrected chi connectivity index (χ1v) is 25.5. The van der Waals surface area contributed by atoms with Crippen LogP contribution in [-0.2, 0) is 28.6 Å². The maximum Gasteiger partial charge on any atom is 0.362 e. The van der Waals surface area contributed by atoms with E-state index in [1.165, 1.54) is 141 Å². The van der Waals surface area contributed by atoms with E-state index in [1.54, 1.807) is 0 Å². The molecule has 2 unspecified atom stereocenters. The smallest absolute Gasteiger partial charge is 0.362 e. The van der Waals surface area contributed by atoms with Gasteiger partial charge in [-0.2, -0.15) is 0 Å². The Kier molecular flexibility index (Phi) is 42.4. The highest BCUT2D eigenvalue weighted by Gasteiger charge is 2.31. The third-order valence-electron chi connectivity index (χ3n) is 11.5. The number of likely N-dealkylation sites (N-methyl/N-ethyl adjacent to an activating group) is 1. The van der Waals surface area contributed by atoms with Crippen LogP contribution in [-0.4, -0.2) is 80.6 Å². The summed E-state index contributed by atoms with van der Waals surface area (Å²) in [5, 5.41) is 9.65. The van der Waals surface area contributed by atoms with Crippen molar-refractivity contribution in [1.82, 2.24) is 0 Å². The molecular weight excluding hydrogens is 763 g/mol. The molecule has 0 aromatic heterocycles. The largest absolute Gasteiger partial charge is 0.477 e. The van der Waals surface area contributed by atoms with Gasteiger partial charge in [0.25, 0.3) is 0 Å². The highest BCUT2D eigenvalue weighted by Crippen LogP contribution is 2.16. The number of hydrogen-bond donors (Lipinski definition) is 1. The lowest BCUT2D eigenvalue weighted by atomic mass is 10.0. The molecule has 0 aromatic rings. The van der Waals surface area contributed by atoms with Crippen molar-refractivity contribution in [3.63, 3.8) is 0 Å². The summed E-state index contributed by atoms with van der Waals surface area (Å²) in [5.74, 6) is -1.46. The minimum Gasteiger partial charge on any atom is -0.477 e. The number of unbranched alkanes of at least 4 members (excludes halogenated alkanes) is 26. The molecule has 0 aromatic carbocycles. The van der Waals surface area contributed by atoms with Gasteiger partial charge in [-0.15, -0.1) is 0 Å². The normalized spacial score (nSPS) is 13.1. The summed E-state index contributed by atoms with van der Waals surface area (Å²) in [6.07, 6.45) is 51.8. The number of carbonyl (C=O) groups excluding carboxylic acids is 2. The molecule has 0 aliphatic carbocycles. The van der Waals surface area contributed by atoms with Crippen LogP contribution in [0.15, 0.2) is 36.5 Å². The van der Waals surface area contributed by atoms with E-state index in [-0.39, 0.29) is 36.2 Å². The number of carboxylic acids is 1. The molecule has 0 heterocycles. The summed E-state index contributed by atoms with van der Waals surface area (Å²) in [7, 11) is 5.54. The van der Waals surface area contributed by atoms with Crippen molar-refractivity contribution in [3.8, 4) is 0 Å². The number of aliphatic carboxylic acids is 1. The molecule has 8 heteroatoms. The van der Waals surface area contributed by atoms with Gasteiger partial charge < -0.3 is 23.8 Å². The first-order chi connectivity index (χ1) is 29.6. The van der Waals surface area contributed by atoms with Gasteiger partial charge in [0.15, 0.2) is 12.1 Å². The van der Waals surface area contributed by atoms with Crippen LogP contribution in [0.3, 0.4) is 0 Å². The van der Waals surface area contributed by atoms with E-state index < -0.39 is 18.1 Å². The van der Waals surface area contributed by atoms with Crippen molar-refractivity contribution in [1.29, 1.82) is 0 Å². The van der Waals surface area contributed by atoms with Gasteiger partial charge in [0.05, 0.1) is 34.4 Å². The molecule has 0 spiro atoms. The van der Waals surface area contributed by atoms with Crippen LogP contribution in [0, 0.1) is 0 Å². The molecule has 1 N–H and O–H groups in total. The number of carboxylic acid groups (broad SMARTS) is 1. The van der Waals surface area contributed by atoms with E-state index >= 15 is 0 Å². The average molecular weight is 861 g/mol. The average Bonchev–Trinajstić information content (AvgIpc) is 3.22. The van der Waals surface area contributed by atoms with E-state index in [0.717, 1.165) is 57.8 Å². The number of nitrogens with zero attached hydrogens (tertiary/aromatic N) is 1. The first-order valence-electron chi connectivity index (χ1n) is 25.5. The standard InChI is InChI=1S/C53H97NO7/c1-6-8-10-12-14-16-18-20-22-23-24-25-26-27-28-30-32-34-36-38-40-42-44-52(56)61-49(47-59-46-45-50(53(57)58)54(3,4)5)48-60-51(55)43-41-39-37-35-33-31-29-21-19-17-15-13-11-9-7-2/h14,16,20,22,24-25,49-50H,6-13,15,17-19,21,23,26-48H2,1-5H3/p+1/b16-14+,22-20+,25-24+. The lowest BCUT2D eigenvalue weighted by molar-refractivity contribution is -0.887. The lowest BCUT2D eigenvalue weighted by Gasteiger charge is -2.31. The lowest BCUT2D eigenvalue weighted by Crippen LogP contribution is -2.50. The minimum absolute atomic E-state index is 0.0496. The number of esters is 2. The topological polar surface area (TPSA) is 99.1 Å². The van der Waals surface area contributed by atoms with Crippen molar-refractivity contribution in [2.45, 2.75) is 244 Å². The van der Waals surface area contributed by atoms with Gasteiger partial charge >= 0.3 is 17.9 Å². The molecule has 0 amide bonds. The fourth-order valence-electron chi connectivity index (χ4n) is 7.57. The SMILES string of the molecule is CCCCC/C=C/C/C=C/C/C=C/CCCCCCCCCCCC(=O)OC(COCCC(C(=O)O)[N+](C)(C)C)COC(=O)CCCCCCCCCCCCCCCCC. The maximum atomic E-state index is 12.8. The Morgan fingerprint density at radius 3 is 1.31 bits per heavy atom. The van der Waals surface area contributed by atoms with Crippen LogP contribution in [0.4, 0.5) is 0 Å². The minimum atomic E-state index is -0.874. The molecule has 0 saturated heterocycles. The molecule has 61 heavy (non-hydrogen) atoms. The number of quaternary nitrogens is 1. The van der Waals surface area contributed by atoms with E-state index in [2.05, 4.69) is 50.3 Å². The Balaban J connectivity index is 4.24. The maximum absolute atomic E-state index is 12.8. The Morgan fingerprint density at radius 1 is 0.492 bits per heavy atom. The monoisotopic (exact) mass is 861 g/mol. The van der Waals surface area contributed by atoms with Crippen molar-refractivity contribution in [3.05, 3.63) is 36.5 Å². The second kappa shape index (κ2) is 44.2. The number of ether oxygens (including phenoxy) is 3. The zero-order valence-corrected chi connectivity index (χ0v) is 40.6. The van der Waals surface area contributed by atoms with Gasteiger partial charge in [-0.1, -0.05) is 198 Å². The van der Waals surface area contributed by atoms with E-state index in [9.17, 15) is 19.5 Å². The molecule has 0 radical (unpaired) electrons. The van der Waals surface area contributed by atoms with Gasteiger partial charge in [-0.3, -0.25) is 9.59 Å². The zero-order chi connectivity index (χ0) is 44.9. The Morgan fingerprint density at radius 2 is 0.869 bits per heavy atom. The number of carbonyl (C=O) groups is 3. The quantitative estimate of drug-likeness (QED) is 0.0282. The zero-order valence-electron chi connectivity index (χ0n) is 40.6. The van der Waals surface area contributed by atoms with Crippen LogP contribution in [0.25, 0.3) is 0 Å². The summed E-state index contributed by atoms with van der Waals surface area (Å²) in [5.41, 5.74) is 0. The molecule has 356 valence electrons. The second-order valence-corrected chi connectivity index (χ2v) is 18.4. The molecule has 0 rings (SSSR count). The van der Waals surface area contributed by atoms with Crippen molar-refractivity contribution >= 4 is 17.9 Å². The van der Waals surface area contributed by atoms with Crippen molar-refractivity contribution in [2.75, 3.05) is 41.0 Å². The van der Waals surface area contributed by atoms with Gasteiger partial charge in [0.1, 0.15) is 6.61 Å². The first kappa shape index (κ1) is 58.6. The summed E-state index contributed by atoms with van der Waals surface area (Å²) in [6.45, 7) is 4.73. The molecule has 2 atom stereocenters. The van der Waals surface area contributed by atoms with Crippen LogP contribution < -0.4 is 0 Å². The van der Waals surface area contributed by atoms with Crippen LogP contribution in [0.5, 0.6) is 0 Å². The number of allylic oxidation sites excluding steroid dienone is 6. The van der Waals surface area contributed by atoms with Crippen LogP contribution >= 0.6 is 0 Å². The summed E-state index contributed by atoms with van der Waals surface area (Å²) >= 11 is 0. The predicted octanol–water partition coefficient (Wildman–Crippen LogP) is 14.6.